The molecular formula is C21H33FN2O4. The summed E-state index contributed by atoms with van der Waals surface area (Å²) in [5.41, 5.74) is 0.550. The third kappa shape index (κ3) is 6.34. The highest BCUT2D eigenvalue weighted by molar-refractivity contribution is 5.95. The fourth-order valence-electron chi connectivity index (χ4n) is 3.45. The highest BCUT2D eigenvalue weighted by Gasteiger charge is 2.28. The molecule has 0 aliphatic carbocycles. The van der Waals surface area contributed by atoms with Crippen molar-refractivity contribution in [3.8, 4) is 11.5 Å². The van der Waals surface area contributed by atoms with E-state index in [-0.39, 0.29) is 24.6 Å². The molecule has 1 aromatic carbocycles. The lowest BCUT2D eigenvalue weighted by atomic mass is 10.0. The minimum absolute atomic E-state index is 0.0255. The maximum Gasteiger partial charge on any atom is 0.254 e. The molecule has 1 unspecified atom stereocenters. The summed E-state index contributed by atoms with van der Waals surface area (Å²) in [6.07, 6.45) is 2.77. The van der Waals surface area contributed by atoms with E-state index in [2.05, 4.69) is 5.32 Å². The third-order valence-corrected chi connectivity index (χ3v) is 4.73. The van der Waals surface area contributed by atoms with Gasteiger partial charge in [-0.15, -0.1) is 0 Å². The van der Waals surface area contributed by atoms with Crippen molar-refractivity contribution in [1.82, 2.24) is 10.2 Å². The number of benzene rings is 1. The zero-order chi connectivity index (χ0) is 20.4. The van der Waals surface area contributed by atoms with Crippen LogP contribution in [0, 0.1) is 0 Å². The predicted molar refractivity (Wildman–Crippen MR) is 107 cm³/mol. The number of methoxy groups -OCH3 is 1. The molecule has 1 aliphatic rings. The number of alkyl halides is 1. The van der Waals surface area contributed by atoms with Gasteiger partial charge < -0.3 is 24.4 Å². The predicted octanol–water partition coefficient (Wildman–Crippen LogP) is 3.05. The average Bonchev–Trinajstić information content (AvgIpc) is 2.70. The van der Waals surface area contributed by atoms with E-state index in [1.54, 1.807) is 25.3 Å². The van der Waals surface area contributed by atoms with Gasteiger partial charge in [-0.25, -0.2) is 4.39 Å². The van der Waals surface area contributed by atoms with Crippen molar-refractivity contribution in [2.75, 3.05) is 46.7 Å². The van der Waals surface area contributed by atoms with Crippen LogP contribution in [0.2, 0.25) is 0 Å². The number of nitrogens with zero attached hydrogens (tertiary/aromatic N) is 1. The van der Waals surface area contributed by atoms with Gasteiger partial charge in [0, 0.05) is 44.3 Å². The smallest absolute Gasteiger partial charge is 0.254 e. The van der Waals surface area contributed by atoms with Gasteiger partial charge in [0.05, 0.1) is 6.61 Å². The molecule has 0 saturated carbocycles. The second-order valence-electron chi connectivity index (χ2n) is 7.20. The number of carbonyl (C=O) groups excluding carboxylic acids is 1. The molecule has 1 atom stereocenters. The Labute approximate surface area is 167 Å². The van der Waals surface area contributed by atoms with Crippen LogP contribution in [0.5, 0.6) is 11.5 Å². The maximum absolute atomic E-state index is 13.3. The molecular weight excluding hydrogens is 363 g/mol. The molecule has 0 bridgehead atoms. The fourth-order valence-corrected chi connectivity index (χ4v) is 3.45. The number of halogens is 1. The van der Waals surface area contributed by atoms with Crippen molar-refractivity contribution < 1.29 is 23.4 Å². The summed E-state index contributed by atoms with van der Waals surface area (Å²) in [5, 5.41) is 3.37. The van der Waals surface area contributed by atoms with E-state index in [1.807, 2.05) is 18.7 Å². The largest absolute Gasteiger partial charge is 0.490 e. The summed E-state index contributed by atoms with van der Waals surface area (Å²) in [7, 11) is 1.63. The second kappa shape index (κ2) is 11.9. The monoisotopic (exact) mass is 396 g/mol. The van der Waals surface area contributed by atoms with E-state index in [9.17, 15) is 9.18 Å². The summed E-state index contributed by atoms with van der Waals surface area (Å²) in [6, 6.07) is 5.38. The molecule has 0 aromatic heterocycles. The normalized spacial score (nSPS) is 16.8. The van der Waals surface area contributed by atoms with Crippen LogP contribution in [0.4, 0.5) is 4.39 Å². The Hall–Kier alpha value is -1.86. The molecule has 158 valence electrons. The lowest BCUT2D eigenvalue weighted by Gasteiger charge is -2.37. The Bertz CT molecular complexity index is 606. The first kappa shape index (κ1) is 22.4. The maximum atomic E-state index is 13.3. The minimum Gasteiger partial charge on any atom is -0.490 e. The fraction of sp³-hybridized carbons (Fsp3) is 0.667. The van der Waals surface area contributed by atoms with E-state index in [0.717, 1.165) is 25.9 Å². The SMILES string of the molecule is COCCCOc1cc(C(=O)N(C(C)C)C2CCCNC2)ccc1OCCF. The molecule has 1 fully saturated rings. The first-order valence-corrected chi connectivity index (χ1v) is 10.1. The molecule has 1 aliphatic heterocycles. The van der Waals surface area contributed by atoms with E-state index in [4.69, 9.17) is 14.2 Å². The van der Waals surface area contributed by atoms with Crippen molar-refractivity contribution >= 4 is 5.91 Å². The summed E-state index contributed by atoms with van der Waals surface area (Å²) in [6.45, 7) is 6.25. The molecule has 1 aromatic rings. The lowest BCUT2D eigenvalue weighted by molar-refractivity contribution is 0.0573. The van der Waals surface area contributed by atoms with Gasteiger partial charge in [0.25, 0.3) is 5.91 Å². The zero-order valence-corrected chi connectivity index (χ0v) is 17.2. The number of piperidine rings is 1. The number of amides is 1. The molecule has 1 N–H and O–H groups in total. The number of ether oxygens (including phenoxy) is 3. The van der Waals surface area contributed by atoms with Gasteiger partial charge >= 0.3 is 0 Å². The zero-order valence-electron chi connectivity index (χ0n) is 17.2. The van der Waals surface area contributed by atoms with Crippen molar-refractivity contribution in [1.29, 1.82) is 0 Å². The van der Waals surface area contributed by atoms with Gasteiger partial charge in [0.2, 0.25) is 0 Å². The van der Waals surface area contributed by atoms with Crippen molar-refractivity contribution in [2.24, 2.45) is 0 Å². The van der Waals surface area contributed by atoms with Crippen LogP contribution >= 0.6 is 0 Å². The standard InChI is InChI=1S/C21H33FN2O4/c1-16(2)24(18-6-4-10-23-15-18)21(25)17-7-8-19(28-13-9-22)20(14-17)27-12-5-11-26-3/h7-8,14,16,18,23H,4-6,9-13,15H2,1-3H3. The molecule has 0 spiro atoms. The van der Waals surface area contributed by atoms with Crippen molar-refractivity contribution in [3.05, 3.63) is 23.8 Å². The first-order valence-electron chi connectivity index (χ1n) is 10.1. The number of hydrogen-bond donors (Lipinski definition) is 1. The van der Waals surface area contributed by atoms with E-state index in [0.29, 0.717) is 36.7 Å². The van der Waals surface area contributed by atoms with Crippen LogP contribution in [-0.2, 0) is 4.74 Å². The summed E-state index contributed by atoms with van der Waals surface area (Å²) in [4.78, 5) is 15.2. The average molecular weight is 397 g/mol. The van der Waals surface area contributed by atoms with Crippen LogP contribution in [0.1, 0.15) is 43.5 Å². The molecule has 1 heterocycles. The lowest BCUT2D eigenvalue weighted by Crippen LogP contribution is -2.51. The highest BCUT2D eigenvalue weighted by atomic mass is 19.1. The van der Waals surface area contributed by atoms with Gasteiger partial charge in [-0.3, -0.25) is 4.79 Å². The van der Waals surface area contributed by atoms with Gasteiger partial charge in [-0.1, -0.05) is 0 Å². The van der Waals surface area contributed by atoms with Crippen molar-refractivity contribution in [2.45, 2.75) is 45.2 Å². The van der Waals surface area contributed by atoms with E-state index in [1.165, 1.54) is 0 Å². The van der Waals surface area contributed by atoms with Gasteiger partial charge in [-0.2, -0.15) is 0 Å². The number of rotatable bonds is 11. The topological polar surface area (TPSA) is 60.0 Å². The Balaban J connectivity index is 2.20. The molecule has 28 heavy (non-hydrogen) atoms. The van der Waals surface area contributed by atoms with Crippen LogP contribution in [0.3, 0.4) is 0 Å². The number of nitrogens with one attached hydrogen (secondary N) is 1. The van der Waals surface area contributed by atoms with Crippen LogP contribution in [-0.4, -0.2) is 69.6 Å². The second-order valence-corrected chi connectivity index (χ2v) is 7.20. The van der Waals surface area contributed by atoms with Crippen LogP contribution in [0.15, 0.2) is 18.2 Å². The molecule has 1 saturated heterocycles. The van der Waals surface area contributed by atoms with Crippen molar-refractivity contribution in [3.63, 3.8) is 0 Å². The molecule has 7 heteroatoms. The van der Waals surface area contributed by atoms with Crippen LogP contribution in [0.25, 0.3) is 0 Å². The minimum atomic E-state index is -0.584. The van der Waals surface area contributed by atoms with Gasteiger partial charge in [-0.05, 0) is 51.4 Å². The number of hydrogen-bond acceptors (Lipinski definition) is 5. The third-order valence-electron chi connectivity index (χ3n) is 4.73. The van der Waals surface area contributed by atoms with Crippen LogP contribution < -0.4 is 14.8 Å². The molecule has 0 radical (unpaired) electrons. The summed E-state index contributed by atoms with van der Waals surface area (Å²) in [5.74, 6) is 0.880. The highest BCUT2D eigenvalue weighted by Crippen LogP contribution is 2.30. The van der Waals surface area contributed by atoms with Gasteiger partial charge in [0.15, 0.2) is 11.5 Å². The Morgan fingerprint density at radius 3 is 2.68 bits per heavy atom. The Morgan fingerprint density at radius 2 is 2.04 bits per heavy atom. The summed E-state index contributed by atoms with van der Waals surface area (Å²) < 4.78 is 28.8. The Kier molecular flexibility index (Phi) is 9.50. The quantitative estimate of drug-likeness (QED) is 0.583. The van der Waals surface area contributed by atoms with Gasteiger partial charge in [0.1, 0.15) is 13.3 Å². The Morgan fingerprint density at radius 1 is 1.25 bits per heavy atom. The molecule has 1 amide bonds. The first-order chi connectivity index (χ1) is 13.6. The van der Waals surface area contributed by atoms with E-state index >= 15 is 0 Å². The number of carbonyl (C=O) groups is 1. The summed E-state index contributed by atoms with van der Waals surface area (Å²) >= 11 is 0. The molecule has 2 rings (SSSR count). The molecule has 6 nitrogen and oxygen atoms in total. The van der Waals surface area contributed by atoms with E-state index < -0.39 is 6.67 Å².